The number of aryl methyl sites for hydroxylation is 2. The average Bonchev–Trinajstić information content (AvgIpc) is 3.51. The van der Waals surface area contributed by atoms with Crippen molar-refractivity contribution in [3.05, 3.63) is 77.7 Å². The molecule has 11 heteroatoms. The third kappa shape index (κ3) is 5.02. The van der Waals surface area contributed by atoms with Crippen LogP contribution in [0.2, 0.25) is 0 Å². The van der Waals surface area contributed by atoms with E-state index < -0.39 is 11.9 Å². The van der Waals surface area contributed by atoms with Gasteiger partial charge in [-0.05, 0) is 67.9 Å². The van der Waals surface area contributed by atoms with Crippen molar-refractivity contribution in [2.45, 2.75) is 26.4 Å². The fraction of sp³-hybridized carbons (Fsp3) is 0.241. The number of halogens is 3. The normalized spacial score (nSPS) is 11.6. The van der Waals surface area contributed by atoms with Gasteiger partial charge in [0.2, 0.25) is 0 Å². The van der Waals surface area contributed by atoms with E-state index in [0.29, 0.717) is 40.6 Å². The molecule has 3 aromatic heterocycles. The minimum atomic E-state index is -4.71. The van der Waals surface area contributed by atoms with Crippen molar-refractivity contribution in [1.82, 2.24) is 29.5 Å². The number of benzene rings is 2. The fourth-order valence-electron chi connectivity index (χ4n) is 4.62. The van der Waals surface area contributed by atoms with Crippen molar-refractivity contribution in [3.8, 4) is 51.2 Å². The largest absolute Gasteiger partial charge is 0.497 e. The molecule has 0 aliphatic carbocycles. The minimum Gasteiger partial charge on any atom is -0.497 e. The molecule has 0 radical (unpaired) electrons. The third-order valence-electron chi connectivity index (χ3n) is 6.55. The smallest absolute Gasteiger partial charge is 0.433 e. The predicted molar refractivity (Wildman–Crippen MR) is 144 cm³/mol. The molecule has 0 unspecified atom stereocenters. The highest BCUT2D eigenvalue weighted by atomic mass is 19.4. The standard InChI is InChI=1S/C29H27F3N6O2/c1-6-22-26(18-7-11-20(39-4)12-8-18)36-38(27(22)19-9-13-21(40-5)14-10-19)28-33-24(15-25(34-28)29(30,31)32)23-16-37(3)35-17(23)2/h7-16H,6H2,1-5H3. The van der Waals surface area contributed by atoms with E-state index >= 15 is 0 Å². The van der Waals surface area contributed by atoms with Crippen LogP contribution in [0.1, 0.15) is 23.9 Å². The Labute approximate surface area is 229 Å². The zero-order valence-corrected chi connectivity index (χ0v) is 22.6. The molecule has 0 aliphatic rings. The van der Waals surface area contributed by atoms with Gasteiger partial charge in [0.15, 0.2) is 5.69 Å². The van der Waals surface area contributed by atoms with E-state index in [4.69, 9.17) is 14.6 Å². The van der Waals surface area contributed by atoms with E-state index in [1.807, 2.05) is 43.3 Å². The molecule has 0 spiro atoms. The molecule has 0 fully saturated rings. The summed E-state index contributed by atoms with van der Waals surface area (Å²) in [6.45, 7) is 3.69. The van der Waals surface area contributed by atoms with E-state index in [1.165, 1.54) is 9.36 Å². The summed E-state index contributed by atoms with van der Waals surface area (Å²) in [5.41, 5.74) is 3.58. The molecule has 3 heterocycles. The summed E-state index contributed by atoms with van der Waals surface area (Å²) in [7, 11) is 4.85. The Bertz CT molecular complexity index is 1660. The van der Waals surface area contributed by atoms with Gasteiger partial charge in [0.25, 0.3) is 5.95 Å². The van der Waals surface area contributed by atoms with Crippen molar-refractivity contribution in [3.63, 3.8) is 0 Å². The molecule has 0 atom stereocenters. The molecule has 206 valence electrons. The van der Waals surface area contributed by atoms with E-state index in [1.54, 1.807) is 46.5 Å². The highest BCUT2D eigenvalue weighted by molar-refractivity contribution is 5.76. The van der Waals surface area contributed by atoms with Crippen LogP contribution >= 0.6 is 0 Å². The first kappa shape index (κ1) is 26.9. The lowest BCUT2D eigenvalue weighted by atomic mass is 10.00. The lowest BCUT2D eigenvalue weighted by molar-refractivity contribution is -0.141. The summed E-state index contributed by atoms with van der Waals surface area (Å²) in [5.74, 6) is 1.12. The Hall–Kier alpha value is -4.67. The Balaban J connectivity index is 1.81. The van der Waals surface area contributed by atoms with E-state index in [9.17, 15) is 13.2 Å². The number of hydrogen-bond acceptors (Lipinski definition) is 6. The summed E-state index contributed by atoms with van der Waals surface area (Å²) in [4.78, 5) is 8.54. The number of aromatic nitrogens is 6. The predicted octanol–water partition coefficient (Wildman–Crippen LogP) is 6.30. The molecule has 2 aromatic carbocycles. The maximum Gasteiger partial charge on any atom is 0.433 e. The van der Waals surface area contributed by atoms with Crippen LogP contribution in [0, 0.1) is 6.92 Å². The quantitative estimate of drug-likeness (QED) is 0.237. The molecular formula is C29H27F3N6O2. The summed E-state index contributed by atoms with van der Waals surface area (Å²) in [6, 6.07) is 15.5. The number of ether oxygens (including phenoxy) is 2. The molecule has 8 nitrogen and oxygen atoms in total. The first-order valence-electron chi connectivity index (χ1n) is 12.5. The van der Waals surface area contributed by atoms with Crippen molar-refractivity contribution >= 4 is 0 Å². The summed E-state index contributed by atoms with van der Waals surface area (Å²) in [6.07, 6.45) is -2.52. The zero-order chi connectivity index (χ0) is 28.6. The lowest BCUT2D eigenvalue weighted by Crippen LogP contribution is -2.14. The third-order valence-corrected chi connectivity index (χ3v) is 6.55. The fourth-order valence-corrected chi connectivity index (χ4v) is 4.62. The molecule has 0 N–H and O–H groups in total. The zero-order valence-electron chi connectivity index (χ0n) is 22.6. The second-order valence-electron chi connectivity index (χ2n) is 9.14. The van der Waals surface area contributed by atoms with Crippen molar-refractivity contribution in [1.29, 1.82) is 0 Å². The van der Waals surface area contributed by atoms with Crippen LogP contribution in [0.15, 0.2) is 60.8 Å². The van der Waals surface area contributed by atoms with Gasteiger partial charge in [-0.3, -0.25) is 4.68 Å². The summed E-state index contributed by atoms with van der Waals surface area (Å²) >= 11 is 0. The van der Waals surface area contributed by atoms with Gasteiger partial charge in [-0.25, -0.2) is 9.97 Å². The monoisotopic (exact) mass is 548 g/mol. The second kappa shape index (κ2) is 10.5. The van der Waals surface area contributed by atoms with Crippen LogP contribution in [-0.2, 0) is 19.6 Å². The first-order valence-corrected chi connectivity index (χ1v) is 12.5. The van der Waals surface area contributed by atoms with Crippen molar-refractivity contribution < 1.29 is 22.6 Å². The Morgan fingerprint density at radius 2 is 1.45 bits per heavy atom. The van der Waals surface area contributed by atoms with Gasteiger partial charge in [0.1, 0.15) is 11.5 Å². The molecule has 0 saturated carbocycles. The first-order chi connectivity index (χ1) is 19.1. The minimum absolute atomic E-state index is 0.100. The lowest BCUT2D eigenvalue weighted by Gasteiger charge is -2.13. The molecule has 0 bridgehead atoms. The van der Waals surface area contributed by atoms with Gasteiger partial charge >= 0.3 is 6.18 Å². The molecule has 5 aromatic rings. The highest BCUT2D eigenvalue weighted by Gasteiger charge is 2.35. The van der Waals surface area contributed by atoms with Crippen molar-refractivity contribution in [2.24, 2.45) is 7.05 Å². The molecule has 0 amide bonds. The Morgan fingerprint density at radius 1 is 0.850 bits per heavy atom. The van der Waals surface area contributed by atoms with Crippen LogP contribution in [-0.4, -0.2) is 43.7 Å². The van der Waals surface area contributed by atoms with Gasteiger partial charge in [0.05, 0.1) is 37.0 Å². The molecule has 5 rings (SSSR count). The average molecular weight is 549 g/mol. The van der Waals surface area contributed by atoms with Gasteiger partial charge < -0.3 is 9.47 Å². The maximum absolute atomic E-state index is 14.1. The molecule has 0 aliphatic heterocycles. The van der Waals surface area contributed by atoms with Crippen LogP contribution in [0.3, 0.4) is 0 Å². The molecular weight excluding hydrogens is 521 g/mol. The number of rotatable bonds is 7. The Morgan fingerprint density at radius 3 is 1.95 bits per heavy atom. The van der Waals surface area contributed by atoms with Crippen LogP contribution in [0.4, 0.5) is 13.2 Å². The summed E-state index contributed by atoms with van der Waals surface area (Å²) in [5, 5.41) is 9.09. The van der Waals surface area contributed by atoms with E-state index in [-0.39, 0.29) is 11.6 Å². The van der Waals surface area contributed by atoms with Crippen molar-refractivity contribution in [2.75, 3.05) is 14.2 Å². The van der Waals surface area contributed by atoms with E-state index in [2.05, 4.69) is 15.1 Å². The molecule has 0 saturated heterocycles. The topological polar surface area (TPSA) is 79.9 Å². The van der Waals surface area contributed by atoms with Gasteiger partial charge in [-0.1, -0.05) is 6.92 Å². The Kier molecular flexibility index (Phi) is 7.05. The number of alkyl halides is 3. The second-order valence-corrected chi connectivity index (χ2v) is 9.14. The van der Waals surface area contributed by atoms with Gasteiger partial charge in [-0.15, -0.1) is 0 Å². The number of methoxy groups -OCH3 is 2. The SMILES string of the molecule is CCc1c(-c2ccc(OC)cc2)nn(-c2nc(-c3cn(C)nc3C)cc(C(F)(F)F)n2)c1-c1ccc(OC)cc1. The van der Waals surface area contributed by atoms with Crippen LogP contribution in [0.5, 0.6) is 11.5 Å². The van der Waals surface area contributed by atoms with Gasteiger partial charge in [0, 0.05) is 35.5 Å². The van der Waals surface area contributed by atoms with Crippen LogP contribution in [0.25, 0.3) is 39.7 Å². The number of hydrogen-bond donors (Lipinski definition) is 0. The number of nitrogens with zero attached hydrogens (tertiary/aromatic N) is 6. The molecule has 40 heavy (non-hydrogen) atoms. The maximum atomic E-state index is 14.1. The summed E-state index contributed by atoms with van der Waals surface area (Å²) < 4.78 is 55.9. The highest BCUT2D eigenvalue weighted by Crippen LogP contribution is 2.37. The van der Waals surface area contributed by atoms with E-state index in [0.717, 1.165) is 22.8 Å². The van der Waals surface area contributed by atoms with Gasteiger partial charge in [-0.2, -0.15) is 28.1 Å². The van der Waals surface area contributed by atoms with Crippen LogP contribution < -0.4 is 9.47 Å².